The largest absolute Gasteiger partial charge is 0.396 e. The van der Waals surface area contributed by atoms with Gasteiger partial charge in [-0.05, 0) is 85.9 Å². The van der Waals surface area contributed by atoms with Gasteiger partial charge in [0.25, 0.3) is 0 Å². The molecule has 3 saturated carbocycles. The summed E-state index contributed by atoms with van der Waals surface area (Å²) in [6, 6.07) is 0. The van der Waals surface area contributed by atoms with Crippen molar-refractivity contribution < 1.29 is 15.0 Å². The highest BCUT2D eigenvalue weighted by Crippen LogP contribution is 2.66. The van der Waals surface area contributed by atoms with Crippen LogP contribution in [0.2, 0.25) is 0 Å². The number of carbonyl (C=O) groups excluding carboxylic acids is 1. The van der Waals surface area contributed by atoms with E-state index in [0.717, 1.165) is 57.8 Å². The summed E-state index contributed by atoms with van der Waals surface area (Å²) in [6.45, 7) is 11.3. The fraction of sp³-hybridized carbons (Fsp3) is 0.893. The predicted octanol–water partition coefficient (Wildman–Crippen LogP) is 6.32. The second-order valence-electron chi connectivity index (χ2n) is 11.5. The summed E-state index contributed by atoms with van der Waals surface area (Å²) in [5.41, 5.74) is 1.96. The zero-order valence-electron chi connectivity index (χ0n) is 20.8. The van der Waals surface area contributed by atoms with Crippen molar-refractivity contribution in [3.63, 3.8) is 0 Å². The molecule has 4 aliphatic rings. The first-order chi connectivity index (χ1) is 14.8. The second-order valence-corrected chi connectivity index (χ2v) is 11.5. The van der Waals surface area contributed by atoms with Gasteiger partial charge in [0.15, 0.2) is 0 Å². The zero-order valence-corrected chi connectivity index (χ0v) is 20.8. The van der Waals surface area contributed by atoms with Crippen LogP contribution in [0.15, 0.2) is 11.6 Å². The molecular formula is C28H48O3. The maximum atomic E-state index is 13.1. The molecule has 0 heterocycles. The van der Waals surface area contributed by atoms with Crippen molar-refractivity contribution in [2.45, 2.75) is 111 Å². The molecule has 2 N–H and O–H groups in total. The van der Waals surface area contributed by atoms with Gasteiger partial charge < -0.3 is 10.2 Å². The number of hydrogen-bond donors (Lipinski definition) is 2. The van der Waals surface area contributed by atoms with Gasteiger partial charge in [-0.25, -0.2) is 0 Å². The topological polar surface area (TPSA) is 57.5 Å². The van der Waals surface area contributed by atoms with Crippen LogP contribution in [0.4, 0.5) is 0 Å². The molecule has 3 nitrogen and oxygen atoms in total. The lowest BCUT2D eigenvalue weighted by Gasteiger charge is -2.57. The third kappa shape index (κ3) is 4.56. The van der Waals surface area contributed by atoms with Crippen LogP contribution in [0.5, 0.6) is 0 Å². The first-order valence-electron chi connectivity index (χ1n) is 13.3. The standard InChI is InChI=1S/C26H42O3.C2H6/c1-17(16-27)6-4-5-7-22-24(29)15-23-20-9-8-18-14-19(28)10-12-25(18,2)21(20)11-13-26(22,23)3;1-2/h8,17,19-23,27-28H,4-7,9-16H2,1-3H3;1-2H3/t17?,19-,20?,21?,22?,23?,25?,26?;/m0./s1. The van der Waals surface area contributed by atoms with Crippen LogP contribution in [0, 0.1) is 40.4 Å². The molecule has 3 heteroatoms. The Labute approximate surface area is 191 Å². The van der Waals surface area contributed by atoms with E-state index >= 15 is 0 Å². The average molecular weight is 433 g/mol. The summed E-state index contributed by atoms with van der Waals surface area (Å²) in [5.74, 6) is 3.07. The van der Waals surface area contributed by atoms with Crippen molar-refractivity contribution in [1.82, 2.24) is 0 Å². The van der Waals surface area contributed by atoms with Gasteiger partial charge >= 0.3 is 0 Å². The summed E-state index contributed by atoms with van der Waals surface area (Å²) in [5, 5.41) is 19.4. The molecule has 0 amide bonds. The van der Waals surface area contributed by atoms with E-state index in [2.05, 4.69) is 26.8 Å². The Bertz CT molecular complexity index is 655. The average Bonchev–Trinajstić information content (AvgIpc) is 3.02. The molecule has 0 radical (unpaired) electrons. The van der Waals surface area contributed by atoms with Gasteiger partial charge in [-0.1, -0.05) is 59.1 Å². The lowest BCUT2D eigenvalue weighted by molar-refractivity contribution is -0.122. The number of hydrogen-bond acceptors (Lipinski definition) is 3. The normalized spacial score (nSPS) is 42.5. The second kappa shape index (κ2) is 10.1. The highest BCUT2D eigenvalue weighted by atomic mass is 16.3. The smallest absolute Gasteiger partial charge is 0.136 e. The third-order valence-electron chi connectivity index (χ3n) is 9.87. The first kappa shape index (κ1) is 25.0. The van der Waals surface area contributed by atoms with Crippen molar-refractivity contribution in [2.75, 3.05) is 6.61 Å². The summed E-state index contributed by atoms with van der Waals surface area (Å²) >= 11 is 0. The maximum absolute atomic E-state index is 13.1. The number of fused-ring (bicyclic) bond motifs is 5. The van der Waals surface area contributed by atoms with E-state index in [4.69, 9.17) is 0 Å². The van der Waals surface area contributed by atoms with E-state index in [-0.39, 0.29) is 29.5 Å². The zero-order chi connectivity index (χ0) is 22.8. The van der Waals surface area contributed by atoms with Crippen LogP contribution in [-0.4, -0.2) is 28.7 Å². The molecule has 0 saturated heterocycles. The number of rotatable bonds is 6. The van der Waals surface area contributed by atoms with Gasteiger partial charge in [0.2, 0.25) is 0 Å². The van der Waals surface area contributed by atoms with Crippen molar-refractivity contribution in [3.05, 3.63) is 11.6 Å². The van der Waals surface area contributed by atoms with Gasteiger partial charge in [0.05, 0.1) is 6.10 Å². The van der Waals surface area contributed by atoms with E-state index in [1.807, 2.05) is 13.8 Å². The maximum Gasteiger partial charge on any atom is 0.136 e. The predicted molar refractivity (Wildman–Crippen MR) is 128 cm³/mol. The molecular weight excluding hydrogens is 384 g/mol. The molecule has 4 aliphatic carbocycles. The van der Waals surface area contributed by atoms with Gasteiger partial charge in [-0.3, -0.25) is 4.79 Å². The fourth-order valence-corrected chi connectivity index (χ4v) is 7.96. The SMILES string of the molecule is CC.CC(CO)CCCCC1C(=O)CC2C3CC=C4C[C@@H](O)CCC4(C)C3CCC12C. The van der Waals surface area contributed by atoms with E-state index in [0.29, 0.717) is 29.5 Å². The minimum Gasteiger partial charge on any atom is -0.396 e. The number of allylic oxidation sites excluding steroid dienone is 1. The molecule has 0 aliphatic heterocycles. The Hall–Kier alpha value is -0.670. The van der Waals surface area contributed by atoms with Crippen LogP contribution < -0.4 is 0 Å². The molecule has 3 fully saturated rings. The van der Waals surface area contributed by atoms with Gasteiger partial charge in [-0.15, -0.1) is 0 Å². The van der Waals surface area contributed by atoms with Crippen LogP contribution in [0.1, 0.15) is 105 Å². The third-order valence-corrected chi connectivity index (χ3v) is 9.87. The molecule has 0 aromatic rings. The summed E-state index contributed by atoms with van der Waals surface area (Å²) in [6.07, 6.45) is 14.0. The summed E-state index contributed by atoms with van der Waals surface area (Å²) in [7, 11) is 0. The van der Waals surface area contributed by atoms with E-state index in [1.54, 1.807) is 0 Å². The molecule has 0 aromatic heterocycles. The Morgan fingerprint density at radius 1 is 1.10 bits per heavy atom. The van der Waals surface area contributed by atoms with Crippen LogP contribution >= 0.6 is 0 Å². The fourth-order valence-electron chi connectivity index (χ4n) is 7.96. The number of aliphatic hydroxyl groups excluding tert-OH is 2. The number of aliphatic hydroxyl groups is 2. The Balaban J connectivity index is 0.00000132. The molecule has 7 unspecified atom stereocenters. The van der Waals surface area contributed by atoms with Crippen LogP contribution in [0.3, 0.4) is 0 Å². The van der Waals surface area contributed by atoms with Gasteiger partial charge in [0.1, 0.15) is 5.78 Å². The lowest BCUT2D eigenvalue weighted by atomic mass is 9.47. The van der Waals surface area contributed by atoms with Crippen molar-refractivity contribution in [3.8, 4) is 0 Å². The Morgan fingerprint density at radius 3 is 2.55 bits per heavy atom. The lowest BCUT2D eigenvalue weighted by Crippen LogP contribution is -2.50. The van der Waals surface area contributed by atoms with Crippen molar-refractivity contribution >= 4 is 5.78 Å². The van der Waals surface area contributed by atoms with Crippen LogP contribution in [0.25, 0.3) is 0 Å². The number of unbranched alkanes of at least 4 members (excludes halogenated alkanes) is 1. The van der Waals surface area contributed by atoms with Gasteiger partial charge in [-0.2, -0.15) is 0 Å². The number of Topliss-reactive ketones (excluding diaryl/α,β-unsaturated/α-hetero) is 1. The Kier molecular flexibility index (Phi) is 8.12. The molecule has 0 bridgehead atoms. The first-order valence-corrected chi connectivity index (χ1v) is 13.3. The summed E-state index contributed by atoms with van der Waals surface area (Å²) in [4.78, 5) is 13.1. The van der Waals surface area contributed by atoms with Crippen molar-refractivity contribution in [2.24, 2.45) is 40.4 Å². The van der Waals surface area contributed by atoms with Crippen molar-refractivity contribution in [1.29, 1.82) is 0 Å². The highest BCUT2D eigenvalue weighted by molar-refractivity contribution is 5.84. The quantitative estimate of drug-likeness (QED) is 0.381. The summed E-state index contributed by atoms with van der Waals surface area (Å²) < 4.78 is 0. The number of carbonyl (C=O) groups is 1. The van der Waals surface area contributed by atoms with Gasteiger partial charge in [0, 0.05) is 18.9 Å². The Morgan fingerprint density at radius 2 is 1.84 bits per heavy atom. The molecule has 0 spiro atoms. The monoisotopic (exact) mass is 432 g/mol. The molecule has 178 valence electrons. The molecule has 4 rings (SSSR count). The minimum atomic E-state index is -0.147. The van der Waals surface area contributed by atoms with E-state index in [1.165, 1.54) is 18.4 Å². The minimum absolute atomic E-state index is 0.147. The van der Waals surface area contributed by atoms with E-state index < -0.39 is 0 Å². The molecule has 31 heavy (non-hydrogen) atoms. The van der Waals surface area contributed by atoms with E-state index in [9.17, 15) is 15.0 Å². The van der Waals surface area contributed by atoms with Crippen LogP contribution in [-0.2, 0) is 4.79 Å². The molecule has 8 atom stereocenters. The number of ketones is 1. The molecule has 0 aromatic carbocycles. The highest BCUT2D eigenvalue weighted by Gasteiger charge is 2.60.